The summed E-state index contributed by atoms with van der Waals surface area (Å²) in [7, 11) is 0. The number of aryl methyl sites for hydroxylation is 1. The molecule has 0 saturated carbocycles. The molecule has 0 aliphatic rings. The Labute approximate surface area is 95.4 Å². The van der Waals surface area contributed by atoms with E-state index in [0.717, 1.165) is 4.86 Å². The predicted octanol–water partition coefficient (Wildman–Crippen LogP) is 4.09. The Morgan fingerprint density at radius 1 is 1.29 bits per heavy atom. The Morgan fingerprint density at radius 2 is 1.86 bits per heavy atom. The van der Waals surface area contributed by atoms with Crippen molar-refractivity contribution in [2.24, 2.45) is 0 Å². The van der Waals surface area contributed by atoms with E-state index in [9.17, 15) is 0 Å². The second-order valence-electron chi connectivity index (χ2n) is 3.19. The van der Waals surface area contributed by atoms with Crippen LogP contribution in [0.3, 0.4) is 0 Å². The lowest BCUT2D eigenvalue weighted by molar-refractivity contribution is 1.46. The van der Waals surface area contributed by atoms with Gasteiger partial charge in [-0.3, -0.25) is 0 Å². The van der Waals surface area contributed by atoms with Gasteiger partial charge in [0.2, 0.25) is 0 Å². The molecule has 0 amide bonds. The van der Waals surface area contributed by atoms with Crippen LogP contribution in [0.25, 0.3) is 4.91 Å². The largest absolute Gasteiger partial charge is 0.129 e. The molecule has 0 unspecified atom stereocenters. The lowest BCUT2D eigenvalue weighted by atomic mass is 10.1. The van der Waals surface area contributed by atoms with E-state index in [4.69, 9.17) is 12.2 Å². The third kappa shape index (κ3) is 3.28. The van der Waals surface area contributed by atoms with Crippen molar-refractivity contribution in [2.75, 3.05) is 6.26 Å². The van der Waals surface area contributed by atoms with Gasteiger partial charge in [-0.1, -0.05) is 42.0 Å². The summed E-state index contributed by atoms with van der Waals surface area (Å²) in [5.41, 5.74) is 2.53. The Morgan fingerprint density at radius 3 is 2.29 bits per heavy atom. The quantitative estimate of drug-likeness (QED) is 0.558. The van der Waals surface area contributed by atoms with Crippen LogP contribution in [0.2, 0.25) is 0 Å². The first-order valence-corrected chi connectivity index (χ1v) is 6.10. The zero-order chi connectivity index (χ0) is 10.6. The molecular formula is C12H14S2. The van der Waals surface area contributed by atoms with Gasteiger partial charge in [0.15, 0.2) is 0 Å². The molecule has 0 nitrogen and oxygen atoms in total. The standard InChI is InChI=1S/C12H14S2/c1-9-4-6-11(7-5-9)12(14-3)8-10(2)13/h4-8H,1-3H3/b12-8-. The number of benzene rings is 1. The van der Waals surface area contributed by atoms with Crippen molar-refractivity contribution in [3.63, 3.8) is 0 Å². The number of allylic oxidation sites excluding steroid dienone is 1. The molecule has 0 saturated heterocycles. The Hall–Kier alpha value is -0.600. The van der Waals surface area contributed by atoms with Crippen LogP contribution < -0.4 is 0 Å². The van der Waals surface area contributed by atoms with Gasteiger partial charge in [-0.15, -0.1) is 11.8 Å². The molecule has 0 aliphatic heterocycles. The number of hydrogen-bond donors (Lipinski definition) is 0. The highest BCUT2D eigenvalue weighted by molar-refractivity contribution is 8.07. The lowest BCUT2D eigenvalue weighted by Crippen LogP contribution is -1.84. The molecule has 74 valence electrons. The van der Waals surface area contributed by atoms with Gasteiger partial charge in [0.05, 0.1) is 0 Å². The van der Waals surface area contributed by atoms with Gasteiger partial charge in [0.1, 0.15) is 0 Å². The van der Waals surface area contributed by atoms with Crippen LogP contribution in [-0.4, -0.2) is 11.1 Å². The second-order valence-corrected chi connectivity index (χ2v) is 4.68. The van der Waals surface area contributed by atoms with Crippen molar-refractivity contribution in [3.05, 3.63) is 41.5 Å². The summed E-state index contributed by atoms with van der Waals surface area (Å²) >= 11 is 6.80. The van der Waals surface area contributed by atoms with Gasteiger partial charge in [-0.25, -0.2) is 0 Å². The third-order valence-electron chi connectivity index (χ3n) is 1.89. The Bertz CT molecular complexity index is 347. The van der Waals surface area contributed by atoms with Gasteiger partial charge in [-0.05, 0) is 31.7 Å². The van der Waals surface area contributed by atoms with Gasteiger partial charge in [-0.2, -0.15) is 0 Å². The normalized spacial score (nSPS) is 11.5. The van der Waals surface area contributed by atoms with E-state index < -0.39 is 0 Å². The van der Waals surface area contributed by atoms with Gasteiger partial charge < -0.3 is 0 Å². The van der Waals surface area contributed by atoms with Crippen molar-refractivity contribution in [1.29, 1.82) is 0 Å². The monoisotopic (exact) mass is 222 g/mol. The molecule has 0 bridgehead atoms. The first kappa shape index (κ1) is 11.5. The maximum Gasteiger partial charge on any atom is 0.0153 e. The average molecular weight is 222 g/mol. The zero-order valence-corrected chi connectivity index (χ0v) is 10.3. The maximum absolute atomic E-state index is 5.07. The van der Waals surface area contributed by atoms with Crippen molar-refractivity contribution in [1.82, 2.24) is 0 Å². The second kappa shape index (κ2) is 5.32. The zero-order valence-electron chi connectivity index (χ0n) is 8.70. The highest BCUT2D eigenvalue weighted by Gasteiger charge is 1.99. The van der Waals surface area contributed by atoms with E-state index in [1.54, 1.807) is 11.8 Å². The van der Waals surface area contributed by atoms with Crippen molar-refractivity contribution in [2.45, 2.75) is 13.8 Å². The van der Waals surface area contributed by atoms with E-state index in [1.807, 2.05) is 13.0 Å². The molecule has 0 aliphatic carbocycles. The van der Waals surface area contributed by atoms with Gasteiger partial charge >= 0.3 is 0 Å². The predicted molar refractivity (Wildman–Crippen MR) is 70.9 cm³/mol. The van der Waals surface area contributed by atoms with Gasteiger partial charge in [0, 0.05) is 9.77 Å². The SMILES string of the molecule is CS/C(=C\C(C)=S)c1ccc(C)cc1. The lowest BCUT2D eigenvalue weighted by Gasteiger charge is -2.04. The topological polar surface area (TPSA) is 0 Å². The first-order chi connectivity index (χ1) is 6.63. The number of thiocarbonyl (C=S) groups is 1. The number of thioether (sulfide) groups is 1. The minimum absolute atomic E-state index is 0.926. The van der Waals surface area contributed by atoms with Crippen LogP contribution in [0.1, 0.15) is 18.1 Å². The summed E-state index contributed by atoms with van der Waals surface area (Å²) in [6.07, 6.45) is 4.12. The smallest absolute Gasteiger partial charge is 0.0153 e. The summed E-state index contributed by atoms with van der Waals surface area (Å²) in [4.78, 5) is 2.16. The fraction of sp³-hybridized carbons (Fsp3) is 0.250. The van der Waals surface area contributed by atoms with E-state index in [1.165, 1.54) is 16.0 Å². The number of rotatable bonds is 3. The summed E-state index contributed by atoms with van der Waals surface area (Å²) < 4.78 is 0. The molecule has 0 atom stereocenters. The molecule has 0 radical (unpaired) electrons. The van der Waals surface area contributed by atoms with Crippen LogP contribution >= 0.6 is 24.0 Å². The van der Waals surface area contributed by atoms with E-state index in [2.05, 4.69) is 37.4 Å². The molecule has 0 fully saturated rings. The maximum atomic E-state index is 5.07. The summed E-state index contributed by atoms with van der Waals surface area (Å²) in [5.74, 6) is 0. The molecule has 1 aromatic rings. The Kier molecular flexibility index (Phi) is 4.36. The average Bonchev–Trinajstić information content (AvgIpc) is 2.15. The van der Waals surface area contributed by atoms with Crippen LogP contribution in [0, 0.1) is 6.92 Å². The molecule has 2 heteroatoms. The summed E-state index contributed by atoms with van der Waals surface area (Å²) in [5, 5.41) is 0. The molecular weight excluding hydrogens is 208 g/mol. The minimum Gasteiger partial charge on any atom is -0.129 e. The van der Waals surface area contributed by atoms with Crippen molar-refractivity contribution in [3.8, 4) is 0 Å². The van der Waals surface area contributed by atoms with Crippen LogP contribution in [0.5, 0.6) is 0 Å². The van der Waals surface area contributed by atoms with Crippen LogP contribution in [0.15, 0.2) is 30.3 Å². The van der Waals surface area contributed by atoms with Crippen LogP contribution in [0.4, 0.5) is 0 Å². The molecule has 0 N–H and O–H groups in total. The highest BCUT2D eigenvalue weighted by Crippen LogP contribution is 2.25. The molecule has 14 heavy (non-hydrogen) atoms. The van der Waals surface area contributed by atoms with E-state index >= 15 is 0 Å². The van der Waals surface area contributed by atoms with Crippen molar-refractivity contribution >= 4 is 33.7 Å². The fourth-order valence-electron chi connectivity index (χ4n) is 1.16. The Balaban J connectivity index is 3.01. The molecule has 0 heterocycles. The summed E-state index contributed by atoms with van der Waals surface area (Å²) in [6, 6.07) is 8.52. The van der Waals surface area contributed by atoms with E-state index in [-0.39, 0.29) is 0 Å². The van der Waals surface area contributed by atoms with Crippen molar-refractivity contribution < 1.29 is 0 Å². The van der Waals surface area contributed by atoms with Gasteiger partial charge in [0.25, 0.3) is 0 Å². The number of hydrogen-bond acceptors (Lipinski definition) is 2. The molecule has 0 aromatic heterocycles. The minimum atomic E-state index is 0.926. The molecule has 1 aromatic carbocycles. The van der Waals surface area contributed by atoms with E-state index in [0.29, 0.717) is 0 Å². The first-order valence-electron chi connectivity index (χ1n) is 4.47. The highest BCUT2D eigenvalue weighted by atomic mass is 32.2. The van der Waals surface area contributed by atoms with Crippen LogP contribution in [-0.2, 0) is 0 Å². The molecule has 0 spiro atoms. The third-order valence-corrected chi connectivity index (χ3v) is 2.80. The summed E-state index contributed by atoms with van der Waals surface area (Å²) in [6.45, 7) is 4.04. The fourth-order valence-corrected chi connectivity index (χ4v) is 2.02. The molecule has 1 rings (SSSR count).